The van der Waals surface area contributed by atoms with Gasteiger partial charge in [0.05, 0.1) is 4.92 Å². The molecule has 0 bridgehead atoms. The van der Waals surface area contributed by atoms with Crippen LogP contribution in [0.2, 0.25) is 0 Å². The molecule has 0 unspecified atom stereocenters. The summed E-state index contributed by atoms with van der Waals surface area (Å²) in [6, 6.07) is 9.31. The summed E-state index contributed by atoms with van der Waals surface area (Å²) in [5.74, 6) is 0. The minimum Gasteiger partial charge on any atom is -0.361 e. The smallest absolute Gasteiger partial charge is 0.312 e. The van der Waals surface area contributed by atoms with Gasteiger partial charge in [0.2, 0.25) is 0 Å². The van der Waals surface area contributed by atoms with Crippen molar-refractivity contribution in [3.8, 4) is 0 Å². The van der Waals surface area contributed by atoms with Crippen LogP contribution in [0.15, 0.2) is 53.9 Å². The number of pyridine rings is 1. The van der Waals surface area contributed by atoms with Gasteiger partial charge in [-0.15, -0.1) is 0 Å². The molecule has 0 saturated carbocycles. The highest BCUT2D eigenvalue weighted by Gasteiger charge is 2.11. The summed E-state index contributed by atoms with van der Waals surface area (Å²) in [5, 5.41) is 11.9. The molecule has 0 radical (unpaired) electrons. The largest absolute Gasteiger partial charge is 0.361 e. The third-order valence-electron chi connectivity index (χ3n) is 2.94. The van der Waals surface area contributed by atoms with Gasteiger partial charge < -0.3 is 4.98 Å². The van der Waals surface area contributed by atoms with E-state index in [4.69, 9.17) is 0 Å². The first-order valence-electron chi connectivity index (χ1n) is 5.94. The van der Waals surface area contributed by atoms with E-state index in [2.05, 4.69) is 15.0 Å². The molecule has 6 heteroatoms. The molecule has 0 aliphatic carbocycles. The van der Waals surface area contributed by atoms with Crippen LogP contribution in [0.5, 0.6) is 0 Å². The van der Waals surface area contributed by atoms with Crippen molar-refractivity contribution in [2.75, 3.05) is 0 Å². The summed E-state index contributed by atoms with van der Waals surface area (Å²) < 4.78 is 0. The van der Waals surface area contributed by atoms with Crippen molar-refractivity contribution in [1.29, 1.82) is 0 Å². The monoisotopic (exact) mass is 266 g/mol. The van der Waals surface area contributed by atoms with E-state index in [-0.39, 0.29) is 11.4 Å². The van der Waals surface area contributed by atoms with Gasteiger partial charge in [-0.2, -0.15) is 0 Å². The Morgan fingerprint density at radius 2 is 2.15 bits per heavy atom. The van der Waals surface area contributed by atoms with Crippen LogP contribution in [0, 0.1) is 10.1 Å². The molecule has 98 valence electrons. The van der Waals surface area contributed by atoms with Crippen molar-refractivity contribution in [2.45, 2.75) is 0 Å². The van der Waals surface area contributed by atoms with Gasteiger partial charge in [0.25, 0.3) is 0 Å². The first-order chi connectivity index (χ1) is 9.75. The minimum atomic E-state index is -0.491. The van der Waals surface area contributed by atoms with Gasteiger partial charge in [-0.05, 0) is 12.1 Å². The Morgan fingerprint density at radius 1 is 1.30 bits per heavy atom. The molecule has 1 aromatic carbocycles. The predicted octanol–water partition coefficient (Wildman–Crippen LogP) is 3.22. The van der Waals surface area contributed by atoms with E-state index in [0.717, 1.165) is 16.5 Å². The number of benzene rings is 1. The van der Waals surface area contributed by atoms with Crippen molar-refractivity contribution in [2.24, 2.45) is 4.99 Å². The SMILES string of the molecule is O=[N+]([O-])c1cnccc1N=Cc1c[nH]c2ccccc12. The first-order valence-corrected chi connectivity index (χ1v) is 5.94. The van der Waals surface area contributed by atoms with Crippen LogP contribution in [-0.4, -0.2) is 21.1 Å². The first kappa shape index (κ1) is 12.0. The number of hydrogen-bond acceptors (Lipinski definition) is 4. The molecule has 20 heavy (non-hydrogen) atoms. The Labute approximate surface area is 114 Å². The van der Waals surface area contributed by atoms with Crippen molar-refractivity contribution < 1.29 is 4.92 Å². The van der Waals surface area contributed by atoms with Gasteiger partial charge in [-0.25, -0.2) is 4.99 Å². The number of rotatable bonds is 3. The van der Waals surface area contributed by atoms with Gasteiger partial charge in [0.1, 0.15) is 11.9 Å². The Kier molecular flexibility index (Phi) is 2.96. The second-order valence-corrected chi connectivity index (χ2v) is 4.17. The van der Waals surface area contributed by atoms with Crippen LogP contribution in [0.3, 0.4) is 0 Å². The quantitative estimate of drug-likeness (QED) is 0.448. The van der Waals surface area contributed by atoms with Crippen LogP contribution in [0.4, 0.5) is 11.4 Å². The van der Waals surface area contributed by atoms with Crippen LogP contribution in [-0.2, 0) is 0 Å². The molecule has 3 rings (SSSR count). The van der Waals surface area contributed by atoms with Crippen molar-refractivity contribution in [3.05, 3.63) is 64.6 Å². The zero-order chi connectivity index (χ0) is 13.9. The number of nitro groups is 1. The maximum absolute atomic E-state index is 10.9. The molecule has 0 fully saturated rings. The number of fused-ring (bicyclic) bond motifs is 1. The molecule has 0 atom stereocenters. The average molecular weight is 266 g/mol. The summed E-state index contributed by atoms with van der Waals surface area (Å²) in [6.07, 6.45) is 6.11. The van der Waals surface area contributed by atoms with E-state index in [9.17, 15) is 10.1 Å². The van der Waals surface area contributed by atoms with E-state index in [1.54, 1.807) is 6.21 Å². The maximum Gasteiger partial charge on any atom is 0.312 e. The number of nitrogens with zero attached hydrogens (tertiary/aromatic N) is 3. The van der Waals surface area contributed by atoms with Gasteiger partial charge >= 0.3 is 5.69 Å². The Morgan fingerprint density at radius 3 is 3.00 bits per heavy atom. The fourth-order valence-corrected chi connectivity index (χ4v) is 1.97. The van der Waals surface area contributed by atoms with Crippen molar-refractivity contribution in [1.82, 2.24) is 9.97 Å². The number of aromatic nitrogens is 2. The lowest BCUT2D eigenvalue weighted by atomic mass is 10.2. The van der Waals surface area contributed by atoms with E-state index < -0.39 is 4.92 Å². The van der Waals surface area contributed by atoms with Crippen LogP contribution in [0.1, 0.15) is 5.56 Å². The second kappa shape index (κ2) is 4.93. The summed E-state index contributed by atoms with van der Waals surface area (Å²) in [7, 11) is 0. The summed E-state index contributed by atoms with van der Waals surface area (Å²) >= 11 is 0. The molecule has 6 nitrogen and oxygen atoms in total. The fourth-order valence-electron chi connectivity index (χ4n) is 1.97. The lowest BCUT2D eigenvalue weighted by Gasteiger charge is -1.95. The van der Waals surface area contributed by atoms with Crippen LogP contribution >= 0.6 is 0 Å². The topological polar surface area (TPSA) is 84.2 Å². The zero-order valence-electron chi connectivity index (χ0n) is 10.4. The number of nitrogens with one attached hydrogen (secondary N) is 1. The van der Waals surface area contributed by atoms with E-state index in [1.807, 2.05) is 30.5 Å². The third kappa shape index (κ3) is 2.14. The summed E-state index contributed by atoms with van der Waals surface area (Å²) in [5.41, 5.74) is 2.06. The molecule has 2 aromatic heterocycles. The molecule has 3 aromatic rings. The van der Waals surface area contributed by atoms with Crippen molar-refractivity contribution >= 4 is 28.5 Å². The van der Waals surface area contributed by atoms with E-state index >= 15 is 0 Å². The highest BCUT2D eigenvalue weighted by Crippen LogP contribution is 2.25. The standard InChI is InChI=1S/C14H10N4O2/c19-18(20)14-9-15-6-5-13(14)17-8-10-7-16-12-4-2-1-3-11(10)12/h1-9,16H. The number of aliphatic imine (C=N–C) groups is 1. The molecule has 0 aliphatic rings. The number of para-hydroxylation sites is 1. The van der Waals surface area contributed by atoms with Gasteiger partial charge in [0.15, 0.2) is 0 Å². The molecule has 0 spiro atoms. The molecule has 0 aliphatic heterocycles. The molecular formula is C14H10N4O2. The Bertz CT molecular complexity index is 808. The van der Waals surface area contributed by atoms with E-state index in [1.165, 1.54) is 18.5 Å². The molecule has 1 N–H and O–H groups in total. The van der Waals surface area contributed by atoms with Crippen molar-refractivity contribution in [3.63, 3.8) is 0 Å². The van der Waals surface area contributed by atoms with Gasteiger partial charge in [-0.1, -0.05) is 18.2 Å². The number of hydrogen-bond donors (Lipinski definition) is 1. The fraction of sp³-hybridized carbons (Fsp3) is 0. The predicted molar refractivity (Wildman–Crippen MR) is 76.4 cm³/mol. The Hall–Kier alpha value is -3.02. The normalized spacial score (nSPS) is 11.2. The maximum atomic E-state index is 10.9. The number of aromatic amines is 1. The lowest BCUT2D eigenvalue weighted by Crippen LogP contribution is -1.89. The highest BCUT2D eigenvalue weighted by atomic mass is 16.6. The number of H-pyrrole nitrogens is 1. The van der Waals surface area contributed by atoms with Gasteiger partial charge in [0, 0.05) is 35.1 Å². The van der Waals surface area contributed by atoms with Crippen LogP contribution < -0.4 is 0 Å². The third-order valence-corrected chi connectivity index (χ3v) is 2.94. The molecular weight excluding hydrogens is 256 g/mol. The van der Waals surface area contributed by atoms with E-state index in [0.29, 0.717) is 0 Å². The molecule has 2 heterocycles. The zero-order valence-corrected chi connectivity index (χ0v) is 10.4. The minimum absolute atomic E-state index is 0.108. The Balaban J connectivity index is 2.01. The summed E-state index contributed by atoms with van der Waals surface area (Å²) in [6.45, 7) is 0. The van der Waals surface area contributed by atoms with Crippen LogP contribution in [0.25, 0.3) is 10.9 Å². The molecule has 0 amide bonds. The average Bonchev–Trinajstić information content (AvgIpc) is 2.88. The highest BCUT2D eigenvalue weighted by molar-refractivity contribution is 5.99. The second-order valence-electron chi connectivity index (χ2n) is 4.17. The summed E-state index contributed by atoms with van der Waals surface area (Å²) in [4.78, 5) is 21.4. The van der Waals surface area contributed by atoms with Gasteiger partial charge in [-0.3, -0.25) is 15.1 Å². The lowest BCUT2D eigenvalue weighted by molar-refractivity contribution is -0.384. The molecule has 0 saturated heterocycles.